The largest absolute Gasteiger partial charge is 0.508 e. The molecule has 0 radical (unpaired) electrons. The van der Waals surface area contributed by atoms with Crippen molar-refractivity contribution in [2.75, 3.05) is 28.4 Å². The summed E-state index contributed by atoms with van der Waals surface area (Å²) in [4.78, 5) is 37.9. The second kappa shape index (κ2) is 11.5. The first-order valence-electron chi connectivity index (χ1n) is 16.1. The minimum Gasteiger partial charge on any atom is -0.508 e. The van der Waals surface area contributed by atoms with E-state index >= 15 is 9.59 Å². The number of Topliss-reactive ketones (excluding diaryl/α,β-unsaturated/α-hetero) is 2. The highest BCUT2D eigenvalue weighted by atomic mass is 16.5. The number of ketones is 2. The van der Waals surface area contributed by atoms with Gasteiger partial charge in [-0.1, -0.05) is 60.7 Å². The van der Waals surface area contributed by atoms with E-state index in [1.807, 2.05) is 48.5 Å². The van der Waals surface area contributed by atoms with Gasteiger partial charge in [-0.05, 0) is 47.5 Å². The minimum atomic E-state index is -1.76. The summed E-state index contributed by atoms with van der Waals surface area (Å²) < 4.78 is 24.8. The summed E-state index contributed by atoms with van der Waals surface area (Å²) in [6.45, 7) is 0. The van der Waals surface area contributed by atoms with Gasteiger partial charge in [-0.15, -0.1) is 0 Å². The molecule has 0 bridgehead atoms. The van der Waals surface area contributed by atoms with E-state index in [1.54, 1.807) is 24.3 Å². The SMILES string of the molecule is CO[C@H](c1ccc(O)cc1)[C@@]1(OC)C(=O)/C(=C2\C(=O)[C@](OC)([C@@H](OC)c3ccc(O)cc3)c3[nH]c4ccccc4c32)c2c1[nH]c1ccccc21. The lowest BCUT2D eigenvalue weighted by Crippen LogP contribution is -2.43. The molecule has 2 aliphatic carbocycles. The Morgan fingerprint density at radius 3 is 1.24 bits per heavy atom. The Bertz CT molecular complexity index is 2190. The monoisotopic (exact) mass is 670 g/mol. The van der Waals surface area contributed by atoms with Crippen molar-refractivity contribution >= 4 is 44.5 Å². The lowest BCUT2D eigenvalue weighted by atomic mass is 9.83. The minimum absolute atomic E-state index is 0.0579. The van der Waals surface area contributed by atoms with Crippen molar-refractivity contribution in [3.63, 3.8) is 0 Å². The lowest BCUT2D eigenvalue weighted by molar-refractivity contribution is -0.159. The summed E-state index contributed by atoms with van der Waals surface area (Å²) in [5.41, 5.74) is 1.40. The van der Waals surface area contributed by atoms with Gasteiger partial charge >= 0.3 is 0 Å². The van der Waals surface area contributed by atoms with Gasteiger partial charge < -0.3 is 39.1 Å². The maximum absolute atomic E-state index is 15.5. The Balaban J connectivity index is 1.49. The molecule has 0 aliphatic heterocycles. The molecule has 0 amide bonds. The highest BCUT2D eigenvalue weighted by molar-refractivity contribution is 6.49. The number of rotatable bonds is 8. The Labute approximate surface area is 286 Å². The highest BCUT2D eigenvalue weighted by Gasteiger charge is 2.64. The molecule has 0 spiro atoms. The van der Waals surface area contributed by atoms with Crippen LogP contribution in [0.15, 0.2) is 97.1 Å². The van der Waals surface area contributed by atoms with Gasteiger partial charge in [0.05, 0.1) is 11.4 Å². The topological polar surface area (TPSA) is 143 Å². The fourth-order valence-electron chi connectivity index (χ4n) is 8.14. The molecule has 0 unspecified atom stereocenters. The Kier molecular flexibility index (Phi) is 7.32. The number of aromatic amines is 2. The van der Waals surface area contributed by atoms with Gasteiger partial charge in [0.1, 0.15) is 23.7 Å². The fourth-order valence-corrected chi connectivity index (χ4v) is 8.14. The number of hydrogen-bond donors (Lipinski definition) is 4. The van der Waals surface area contributed by atoms with Gasteiger partial charge in [-0.25, -0.2) is 0 Å². The van der Waals surface area contributed by atoms with E-state index in [9.17, 15) is 10.2 Å². The van der Waals surface area contributed by atoms with Gasteiger partial charge in [0.2, 0.25) is 22.8 Å². The zero-order chi connectivity index (χ0) is 34.9. The van der Waals surface area contributed by atoms with Crippen LogP contribution < -0.4 is 0 Å². The molecule has 4 atom stereocenters. The molecule has 10 nitrogen and oxygen atoms in total. The number of aromatic nitrogens is 2. The van der Waals surface area contributed by atoms with Crippen molar-refractivity contribution < 1.29 is 38.7 Å². The smallest absolute Gasteiger partial charge is 0.205 e. The maximum Gasteiger partial charge on any atom is 0.205 e. The second-order valence-corrected chi connectivity index (χ2v) is 12.5. The Hall–Kier alpha value is -5.52. The van der Waals surface area contributed by atoms with Crippen LogP contribution >= 0.6 is 0 Å². The van der Waals surface area contributed by atoms with Crippen LogP contribution in [-0.4, -0.2) is 60.2 Å². The zero-order valence-electron chi connectivity index (χ0n) is 27.7. The van der Waals surface area contributed by atoms with Crippen molar-refractivity contribution in [3.8, 4) is 11.5 Å². The number of aromatic hydroxyl groups is 2. The van der Waals surface area contributed by atoms with E-state index in [4.69, 9.17) is 18.9 Å². The van der Waals surface area contributed by atoms with Gasteiger partial charge in [0, 0.05) is 72.5 Å². The van der Waals surface area contributed by atoms with E-state index in [0.717, 1.165) is 21.8 Å². The molecule has 4 aromatic carbocycles. The van der Waals surface area contributed by atoms with E-state index < -0.39 is 35.0 Å². The summed E-state index contributed by atoms with van der Waals surface area (Å²) in [5, 5.41) is 21.6. The predicted molar refractivity (Wildman–Crippen MR) is 187 cm³/mol. The molecule has 2 aromatic heterocycles. The van der Waals surface area contributed by atoms with E-state index in [2.05, 4.69) is 9.97 Å². The van der Waals surface area contributed by atoms with Crippen LogP contribution in [-0.2, 0) is 39.7 Å². The number of H-pyrrole nitrogens is 2. The van der Waals surface area contributed by atoms with Crippen molar-refractivity contribution in [1.82, 2.24) is 9.97 Å². The van der Waals surface area contributed by atoms with Crippen LogP contribution in [0.4, 0.5) is 0 Å². The third-order valence-corrected chi connectivity index (χ3v) is 10.3. The summed E-state index contributed by atoms with van der Waals surface area (Å²) >= 11 is 0. The number of fused-ring (bicyclic) bond motifs is 6. The standard InChI is InChI=1S/C40H34N2O8/c1-47-37(21-13-17-23(43)18-14-21)39(49-3)33-29(25-9-5-7-11-27(25)41-33)31(35(39)45)32-30-26-10-6-8-12-28(26)42-34(30)40(50-4,36(32)46)38(48-2)22-15-19-24(44)20-16-22/h5-20,37-38,41-44H,1-4H3/b32-31-/t37-,38+,39-,40-/m0/s1. The van der Waals surface area contributed by atoms with Gasteiger partial charge in [-0.2, -0.15) is 0 Å². The number of carbonyl (C=O) groups excluding carboxylic acids is 2. The van der Waals surface area contributed by atoms with Crippen LogP contribution in [0.2, 0.25) is 0 Å². The second-order valence-electron chi connectivity index (χ2n) is 12.5. The molecule has 2 aliphatic rings. The Morgan fingerprint density at radius 2 is 0.900 bits per heavy atom. The third kappa shape index (κ3) is 4.04. The van der Waals surface area contributed by atoms with Crippen LogP contribution in [0.25, 0.3) is 33.0 Å². The summed E-state index contributed by atoms with van der Waals surface area (Å²) in [6.07, 6.45) is -1.97. The van der Waals surface area contributed by atoms with Crippen LogP contribution in [0, 0.1) is 0 Å². The summed E-state index contributed by atoms with van der Waals surface area (Å²) in [6, 6.07) is 28.0. The number of benzene rings is 4. The molecule has 0 saturated carbocycles. The number of carbonyl (C=O) groups is 2. The first-order chi connectivity index (χ1) is 24.3. The number of para-hydroxylation sites is 2. The van der Waals surface area contributed by atoms with Crippen LogP contribution in [0.3, 0.4) is 0 Å². The molecule has 4 N–H and O–H groups in total. The van der Waals surface area contributed by atoms with Crippen LogP contribution in [0.1, 0.15) is 45.8 Å². The number of phenols is 2. The van der Waals surface area contributed by atoms with E-state index in [0.29, 0.717) is 33.6 Å². The number of phenolic OH excluding ortho intramolecular Hbond substituents is 2. The van der Waals surface area contributed by atoms with Gasteiger partial charge in [0.15, 0.2) is 0 Å². The molecule has 8 rings (SSSR count). The van der Waals surface area contributed by atoms with Crippen molar-refractivity contribution in [2.45, 2.75) is 23.4 Å². The zero-order valence-corrected chi connectivity index (χ0v) is 27.7. The molecule has 252 valence electrons. The average molecular weight is 671 g/mol. The van der Waals surface area contributed by atoms with Crippen molar-refractivity contribution in [2.24, 2.45) is 0 Å². The number of methoxy groups -OCH3 is 4. The number of nitrogens with one attached hydrogen (secondary N) is 2. The lowest BCUT2D eigenvalue weighted by Gasteiger charge is -2.35. The average Bonchev–Trinajstić information content (AvgIpc) is 3.83. The molecule has 0 fully saturated rings. The number of ether oxygens (including phenoxy) is 4. The van der Waals surface area contributed by atoms with E-state index in [1.165, 1.54) is 52.7 Å². The van der Waals surface area contributed by atoms with Crippen molar-refractivity contribution in [1.29, 1.82) is 0 Å². The quantitative estimate of drug-likeness (QED) is 0.133. The fraction of sp³-hybridized carbons (Fsp3) is 0.200. The highest BCUT2D eigenvalue weighted by Crippen LogP contribution is 2.60. The molecule has 6 aromatic rings. The number of hydrogen-bond acceptors (Lipinski definition) is 8. The van der Waals surface area contributed by atoms with E-state index in [-0.39, 0.29) is 22.6 Å². The molecule has 2 heterocycles. The summed E-state index contributed by atoms with van der Waals surface area (Å²) in [5.74, 6) is -0.834. The van der Waals surface area contributed by atoms with Crippen molar-refractivity contribution in [3.05, 3.63) is 131 Å². The summed E-state index contributed by atoms with van der Waals surface area (Å²) in [7, 11) is 5.89. The first kappa shape index (κ1) is 31.7. The molecule has 10 heteroatoms. The van der Waals surface area contributed by atoms with Gasteiger partial charge in [0.25, 0.3) is 0 Å². The Morgan fingerprint density at radius 1 is 0.540 bits per heavy atom. The maximum atomic E-state index is 15.5. The first-order valence-corrected chi connectivity index (χ1v) is 16.1. The molecule has 0 saturated heterocycles. The predicted octanol–water partition coefficient (Wildman–Crippen LogP) is 6.60. The third-order valence-electron chi connectivity index (χ3n) is 10.3. The van der Waals surface area contributed by atoms with Crippen LogP contribution in [0.5, 0.6) is 11.5 Å². The molecule has 50 heavy (non-hydrogen) atoms. The molecular formula is C40H34N2O8. The van der Waals surface area contributed by atoms with Gasteiger partial charge in [-0.3, -0.25) is 9.59 Å². The normalized spacial score (nSPS) is 22.7. The molecular weight excluding hydrogens is 636 g/mol.